The average molecular weight is 224 g/mol. The van der Waals surface area contributed by atoms with Crippen molar-refractivity contribution >= 4 is 0 Å². The summed E-state index contributed by atoms with van der Waals surface area (Å²) in [5.74, 6) is 0.992. The smallest absolute Gasteiger partial charge is 0.145 e. The van der Waals surface area contributed by atoms with E-state index in [-0.39, 0.29) is 12.2 Å². The second kappa shape index (κ2) is 4.55. The molecule has 0 amide bonds. The van der Waals surface area contributed by atoms with E-state index in [4.69, 9.17) is 9.26 Å². The van der Waals surface area contributed by atoms with Crippen molar-refractivity contribution < 1.29 is 9.26 Å². The van der Waals surface area contributed by atoms with Gasteiger partial charge in [0.2, 0.25) is 0 Å². The number of aromatic nitrogens is 1. The molecule has 16 heavy (non-hydrogen) atoms. The summed E-state index contributed by atoms with van der Waals surface area (Å²) < 4.78 is 11.2. The van der Waals surface area contributed by atoms with Crippen LogP contribution >= 0.6 is 0 Å². The SMILES string of the molecule is CC(C)NCc1noc2c1C(C)OC(C)C2. The van der Waals surface area contributed by atoms with Gasteiger partial charge in [0, 0.05) is 24.6 Å². The third kappa shape index (κ3) is 2.28. The molecule has 1 aliphatic rings. The van der Waals surface area contributed by atoms with Crippen molar-refractivity contribution in [3.8, 4) is 0 Å². The highest BCUT2D eigenvalue weighted by atomic mass is 16.5. The lowest BCUT2D eigenvalue weighted by molar-refractivity contribution is -0.0102. The summed E-state index contributed by atoms with van der Waals surface area (Å²) in [6.07, 6.45) is 1.14. The van der Waals surface area contributed by atoms with Gasteiger partial charge in [-0.3, -0.25) is 0 Å². The van der Waals surface area contributed by atoms with E-state index in [1.54, 1.807) is 0 Å². The average Bonchev–Trinajstić information content (AvgIpc) is 2.57. The second-order valence-electron chi connectivity index (χ2n) is 4.79. The molecule has 0 fully saturated rings. The standard InChI is InChI=1S/C12H20N2O2/c1-7(2)13-6-10-12-9(4)15-8(3)5-11(12)16-14-10/h7-9,13H,5-6H2,1-4H3. The van der Waals surface area contributed by atoms with Gasteiger partial charge < -0.3 is 14.6 Å². The zero-order valence-corrected chi connectivity index (χ0v) is 10.4. The molecule has 1 aromatic heterocycles. The van der Waals surface area contributed by atoms with Gasteiger partial charge in [0.15, 0.2) is 0 Å². The van der Waals surface area contributed by atoms with Crippen LogP contribution in [0.25, 0.3) is 0 Å². The van der Waals surface area contributed by atoms with Crippen LogP contribution in [-0.4, -0.2) is 17.3 Å². The molecule has 1 aliphatic heterocycles. The molecule has 0 aliphatic carbocycles. The Bertz CT molecular complexity index is 360. The minimum Gasteiger partial charge on any atom is -0.370 e. The second-order valence-corrected chi connectivity index (χ2v) is 4.79. The highest BCUT2D eigenvalue weighted by Gasteiger charge is 2.29. The fourth-order valence-electron chi connectivity index (χ4n) is 2.13. The Kier molecular flexibility index (Phi) is 3.30. The fourth-order valence-corrected chi connectivity index (χ4v) is 2.13. The summed E-state index contributed by atoms with van der Waals surface area (Å²) in [4.78, 5) is 0. The molecule has 0 saturated heterocycles. The van der Waals surface area contributed by atoms with E-state index >= 15 is 0 Å². The topological polar surface area (TPSA) is 47.3 Å². The van der Waals surface area contributed by atoms with Crippen molar-refractivity contribution in [3.05, 3.63) is 17.0 Å². The third-order valence-electron chi connectivity index (χ3n) is 2.87. The molecule has 0 radical (unpaired) electrons. The van der Waals surface area contributed by atoms with Crippen molar-refractivity contribution in [2.75, 3.05) is 0 Å². The van der Waals surface area contributed by atoms with Crippen molar-refractivity contribution in [2.45, 2.75) is 58.9 Å². The van der Waals surface area contributed by atoms with E-state index in [0.717, 1.165) is 30.0 Å². The number of nitrogens with zero attached hydrogens (tertiary/aromatic N) is 1. The van der Waals surface area contributed by atoms with Crippen LogP contribution in [0.2, 0.25) is 0 Å². The fraction of sp³-hybridized carbons (Fsp3) is 0.750. The lowest BCUT2D eigenvalue weighted by Gasteiger charge is -2.24. The summed E-state index contributed by atoms with van der Waals surface area (Å²) in [7, 11) is 0. The number of ether oxygens (including phenoxy) is 1. The number of hydrogen-bond donors (Lipinski definition) is 1. The quantitative estimate of drug-likeness (QED) is 0.855. The van der Waals surface area contributed by atoms with E-state index in [2.05, 4.69) is 38.2 Å². The summed E-state index contributed by atoms with van der Waals surface area (Å²) in [6, 6.07) is 0.450. The van der Waals surface area contributed by atoms with Crippen molar-refractivity contribution in [1.29, 1.82) is 0 Å². The summed E-state index contributed by atoms with van der Waals surface area (Å²) in [6.45, 7) is 9.11. The van der Waals surface area contributed by atoms with Crippen LogP contribution in [-0.2, 0) is 17.7 Å². The Hall–Kier alpha value is -0.870. The highest BCUT2D eigenvalue weighted by Crippen LogP contribution is 2.32. The summed E-state index contributed by atoms with van der Waals surface area (Å²) in [5.41, 5.74) is 2.13. The van der Waals surface area contributed by atoms with E-state index in [1.165, 1.54) is 0 Å². The van der Waals surface area contributed by atoms with Gasteiger partial charge in [-0.1, -0.05) is 19.0 Å². The molecule has 0 aromatic carbocycles. The largest absolute Gasteiger partial charge is 0.370 e. The molecule has 2 unspecified atom stereocenters. The van der Waals surface area contributed by atoms with Crippen molar-refractivity contribution in [3.63, 3.8) is 0 Å². The van der Waals surface area contributed by atoms with Crippen LogP contribution in [0.15, 0.2) is 4.52 Å². The Morgan fingerprint density at radius 1 is 1.44 bits per heavy atom. The number of hydrogen-bond acceptors (Lipinski definition) is 4. The predicted molar refractivity (Wildman–Crippen MR) is 61.1 cm³/mol. The van der Waals surface area contributed by atoms with Gasteiger partial charge in [0.05, 0.1) is 12.2 Å². The molecule has 2 atom stereocenters. The van der Waals surface area contributed by atoms with Crippen LogP contribution in [0.4, 0.5) is 0 Å². The van der Waals surface area contributed by atoms with Crippen molar-refractivity contribution in [2.24, 2.45) is 0 Å². The van der Waals surface area contributed by atoms with Gasteiger partial charge in [0.1, 0.15) is 11.5 Å². The van der Waals surface area contributed by atoms with Gasteiger partial charge in [-0.25, -0.2) is 0 Å². The predicted octanol–water partition coefficient (Wildman–Crippen LogP) is 2.19. The highest BCUT2D eigenvalue weighted by molar-refractivity contribution is 5.27. The maximum atomic E-state index is 5.79. The van der Waals surface area contributed by atoms with E-state index in [9.17, 15) is 0 Å². The Morgan fingerprint density at radius 2 is 2.19 bits per heavy atom. The first-order chi connectivity index (χ1) is 7.58. The van der Waals surface area contributed by atoms with Gasteiger partial charge in [0.25, 0.3) is 0 Å². The van der Waals surface area contributed by atoms with Gasteiger partial charge in [-0.15, -0.1) is 0 Å². The van der Waals surface area contributed by atoms with Crippen LogP contribution in [0.3, 0.4) is 0 Å². The first kappa shape index (κ1) is 11.6. The molecule has 4 nitrogen and oxygen atoms in total. The first-order valence-electron chi connectivity index (χ1n) is 5.94. The molecule has 2 rings (SSSR count). The first-order valence-corrected chi connectivity index (χ1v) is 5.94. The maximum Gasteiger partial charge on any atom is 0.145 e. The molecule has 1 N–H and O–H groups in total. The normalized spacial score (nSPS) is 24.8. The number of fused-ring (bicyclic) bond motifs is 1. The molecular weight excluding hydrogens is 204 g/mol. The minimum atomic E-state index is 0.0916. The molecular formula is C12H20N2O2. The van der Waals surface area contributed by atoms with Crippen LogP contribution in [0.5, 0.6) is 0 Å². The number of rotatable bonds is 3. The third-order valence-corrected chi connectivity index (χ3v) is 2.87. The molecule has 0 saturated carbocycles. The Labute approximate surface area is 96.3 Å². The maximum absolute atomic E-state index is 5.79. The van der Waals surface area contributed by atoms with Gasteiger partial charge in [-0.2, -0.15) is 0 Å². The van der Waals surface area contributed by atoms with Crippen LogP contribution in [0, 0.1) is 0 Å². The zero-order valence-electron chi connectivity index (χ0n) is 10.4. The number of nitrogens with one attached hydrogen (secondary N) is 1. The lowest BCUT2D eigenvalue weighted by Crippen LogP contribution is -2.25. The Morgan fingerprint density at radius 3 is 2.88 bits per heavy atom. The molecule has 2 heterocycles. The molecule has 90 valence electrons. The van der Waals surface area contributed by atoms with E-state index < -0.39 is 0 Å². The summed E-state index contributed by atoms with van der Waals surface area (Å²) >= 11 is 0. The van der Waals surface area contributed by atoms with Crippen LogP contribution < -0.4 is 5.32 Å². The molecule has 1 aromatic rings. The van der Waals surface area contributed by atoms with E-state index in [1.807, 2.05) is 0 Å². The van der Waals surface area contributed by atoms with Gasteiger partial charge >= 0.3 is 0 Å². The van der Waals surface area contributed by atoms with E-state index in [0.29, 0.717) is 6.04 Å². The monoisotopic (exact) mass is 224 g/mol. The zero-order chi connectivity index (χ0) is 11.7. The molecule has 0 spiro atoms. The molecule has 0 bridgehead atoms. The lowest BCUT2D eigenvalue weighted by atomic mass is 10.0. The van der Waals surface area contributed by atoms with Crippen molar-refractivity contribution in [1.82, 2.24) is 10.5 Å². The Balaban J connectivity index is 2.16. The molecule has 4 heteroatoms. The van der Waals surface area contributed by atoms with Crippen LogP contribution in [0.1, 0.15) is 50.8 Å². The van der Waals surface area contributed by atoms with Gasteiger partial charge in [-0.05, 0) is 13.8 Å². The minimum absolute atomic E-state index is 0.0916. The summed E-state index contributed by atoms with van der Waals surface area (Å²) in [5, 5.41) is 7.49.